The topological polar surface area (TPSA) is 59.0 Å². The Balaban J connectivity index is 1.43. The van der Waals surface area contributed by atoms with Gasteiger partial charge in [0.2, 0.25) is 12.7 Å². The minimum absolute atomic E-state index is 0.0524. The normalized spacial score (nSPS) is 27.4. The lowest BCUT2D eigenvalue weighted by molar-refractivity contribution is -0.150. The first-order chi connectivity index (χ1) is 15.0. The number of hydrogen-bond acceptors (Lipinski definition) is 4. The minimum Gasteiger partial charge on any atom is -0.454 e. The van der Waals surface area contributed by atoms with E-state index in [2.05, 4.69) is 0 Å². The van der Waals surface area contributed by atoms with Crippen molar-refractivity contribution < 1.29 is 23.8 Å². The molecule has 3 aliphatic rings. The molecule has 6 heteroatoms. The van der Waals surface area contributed by atoms with Crippen molar-refractivity contribution in [2.24, 2.45) is 5.92 Å². The number of fused-ring (bicyclic) bond motifs is 2. The number of carbonyl (C=O) groups excluding carboxylic acids is 1. The fourth-order valence-corrected chi connectivity index (χ4v) is 5.28. The molecule has 0 unspecified atom stereocenters. The lowest BCUT2D eigenvalue weighted by atomic mass is 9.66. The van der Waals surface area contributed by atoms with Gasteiger partial charge in [0, 0.05) is 18.5 Å². The molecule has 2 aliphatic heterocycles. The Bertz CT molecular complexity index is 1010. The van der Waals surface area contributed by atoms with E-state index in [-0.39, 0.29) is 30.5 Å². The van der Waals surface area contributed by atoms with Crippen molar-refractivity contribution in [2.45, 2.75) is 43.7 Å². The van der Waals surface area contributed by atoms with E-state index in [0.29, 0.717) is 24.5 Å². The molecule has 162 valence electrons. The minimum atomic E-state index is -0.769. The fourth-order valence-electron chi connectivity index (χ4n) is 5.28. The SMILES string of the molecule is O=C(/C=C/c1ccc2c(c1)OCO2)N1CC[C@@]2(O)CCCC[C@H]2[C@H]1c1ccc(F)cc1. The molecule has 2 heterocycles. The summed E-state index contributed by atoms with van der Waals surface area (Å²) in [6.45, 7) is 0.679. The second-order valence-corrected chi connectivity index (χ2v) is 8.68. The summed E-state index contributed by atoms with van der Waals surface area (Å²) >= 11 is 0. The number of rotatable bonds is 3. The fraction of sp³-hybridized carbons (Fsp3) is 0.400. The molecule has 5 rings (SSSR count). The summed E-state index contributed by atoms with van der Waals surface area (Å²) in [7, 11) is 0. The number of ether oxygens (including phenoxy) is 2. The summed E-state index contributed by atoms with van der Waals surface area (Å²) in [5.41, 5.74) is 0.952. The van der Waals surface area contributed by atoms with Crippen molar-refractivity contribution in [1.29, 1.82) is 0 Å². The first kappa shape index (κ1) is 20.1. The van der Waals surface area contributed by atoms with Gasteiger partial charge >= 0.3 is 0 Å². The first-order valence-electron chi connectivity index (χ1n) is 10.9. The number of carbonyl (C=O) groups is 1. The van der Waals surface area contributed by atoms with Crippen LogP contribution in [-0.4, -0.2) is 34.9 Å². The second kappa shape index (κ2) is 8.00. The number of aliphatic hydroxyl groups is 1. The molecule has 3 atom stereocenters. The zero-order valence-corrected chi connectivity index (χ0v) is 17.3. The summed E-state index contributed by atoms with van der Waals surface area (Å²) in [4.78, 5) is 15.1. The molecule has 0 radical (unpaired) electrons. The van der Waals surface area contributed by atoms with Gasteiger partial charge in [-0.15, -0.1) is 0 Å². The molecular formula is C25H26FNO4. The van der Waals surface area contributed by atoms with Gasteiger partial charge in [-0.25, -0.2) is 4.39 Å². The summed E-state index contributed by atoms with van der Waals surface area (Å²) in [6, 6.07) is 11.6. The number of benzene rings is 2. The Hall–Kier alpha value is -2.86. The van der Waals surface area contributed by atoms with Crippen LogP contribution in [0.2, 0.25) is 0 Å². The molecule has 0 spiro atoms. The Morgan fingerprint density at radius 1 is 1.10 bits per heavy atom. The standard InChI is InChI=1S/C25H26FNO4/c26-19-8-6-18(7-9-19)24-20-3-1-2-12-25(20,29)13-14-27(24)23(28)11-5-17-4-10-21-22(15-17)31-16-30-21/h4-11,15,20,24,29H,1-3,12-14,16H2/b11-5+/t20-,24+,25-/m0/s1. The Morgan fingerprint density at radius 3 is 2.74 bits per heavy atom. The molecule has 2 aromatic carbocycles. The summed E-state index contributed by atoms with van der Waals surface area (Å²) in [5, 5.41) is 11.3. The number of nitrogens with zero attached hydrogens (tertiary/aromatic N) is 1. The van der Waals surface area contributed by atoms with Crippen molar-refractivity contribution in [3.05, 3.63) is 65.5 Å². The van der Waals surface area contributed by atoms with E-state index < -0.39 is 5.60 Å². The smallest absolute Gasteiger partial charge is 0.247 e. The number of hydrogen-bond donors (Lipinski definition) is 1. The van der Waals surface area contributed by atoms with Gasteiger partial charge in [-0.3, -0.25) is 4.79 Å². The monoisotopic (exact) mass is 423 g/mol. The molecule has 1 aliphatic carbocycles. The summed E-state index contributed by atoms with van der Waals surface area (Å²) in [6.07, 6.45) is 7.55. The second-order valence-electron chi connectivity index (χ2n) is 8.68. The van der Waals surface area contributed by atoms with Crippen molar-refractivity contribution in [3.8, 4) is 11.5 Å². The number of piperidine rings is 1. The van der Waals surface area contributed by atoms with Gasteiger partial charge in [-0.2, -0.15) is 0 Å². The van der Waals surface area contributed by atoms with Crippen LogP contribution in [0, 0.1) is 11.7 Å². The molecule has 1 amide bonds. The maximum Gasteiger partial charge on any atom is 0.247 e. The maximum atomic E-state index is 13.6. The van der Waals surface area contributed by atoms with Crippen LogP contribution >= 0.6 is 0 Å². The zero-order valence-electron chi connectivity index (χ0n) is 17.3. The van der Waals surface area contributed by atoms with Gasteiger partial charge in [0.1, 0.15) is 5.82 Å². The van der Waals surface area contributed by atoms with Crippen LogP contribution in [0.5, 0.6) is 11.5 Å². The maximum absolute atomic E-state index is 13.6. The van der Waals surface area contributed by atoms with Gasteiger partial charge in [-0.05, 0) is 60.7 Å². The molecule has 5 nitrogen and oxygen atoms in total. The summed E-state index contributed by atoms with van der Waals surface area (Å²) < 4.78 is 24.3. The molecular weight excluding hydrogens is 397 g/mol. The lowest BCUT2D eigenvalue weighted by Gasteiger charge is -2.52. The van der Waals surface area contributed by atoms with Crippen LogP contribution in [-0.2, 0) is 4.79 Å². The van der Waals surface area contributed by atoms with E-state index in [1.807, 2.05) is 23.1 Å². The predicted octanol–water partition coefficient (Wildman–Crippen LogP) is 4.46. The number of likely N-dealkylation sites (tertiary alicyclic amines) is 1. The van der Waals surface area contributed by atoms with E-state index in [0.717, 1.165) is 36.8 Å². The molecule has 1 N–H and O–H groups in total. The van der Waals surface area contributed by atoms with Crippen LogP contribution in [0.1, 0.15) is 49.3 Å². The van der Waals surface area contributed by atoms with Crippen molar-refractivity contribution in [2.75, 3.05) is 13.3 Å². The van der Waals surface area contributed by atoms with Crippen molar-refractivity contribution in [3.63, 3.8) is 0 Å². The highest BCUT2D eigenvalue weighted by Crippen LogP contribution is 2.49. The Morgan fingerprint density at radius 2 is 1.90 bits per heavy atom. The van der Waals surface area contributed by atoms with Crippen LogP contribution in [0.15, 0.2) is 48.5 Å². The third-order valence-electron chi connectivity index (χ3n) is 6.88. The molecule has 0 bridgehead atoms. The average Bonchev–Trinajstić information content (AvgIpc) is 3.25. The van der Waals surface area contributed by atoms with Crippen LogP contribution in [0.4, 0.5) is 4.39 Å². The van der Waals surface area contributed by atoms with E-state index in [1.54, 1.807) is 24.3 Å². The average molecular weight is 423 g/mol. The molecule has 1 saturated heterocycles. The third-order valence-corrected chi connectivity index (χ3v) is 6.88. The highest BCUT2D eigenvalue weighted by molar-refractivity contribution is 5.92. The van der Waals surface area contributed by atoms with Gasteiger partial charge in [0.25, 0.3) is 0 Å². The van der Waals surface area contributed by atoms with Crippen LogP contribution in [0.25, 0.3) is 6.08 Å². The quantitative estimate of drug-likeness (QED) is 0.741. The van der Waals surface area contributed by atoms with E-state index in [1.165, 1.54) is 12.1 Å². The van der Waals surface area contributed by atoms with Gasteiger partial charge in [0.15, 0.2) is 11.5 Å². The molecule has 2 aromatic rings. The lowest BCUT2D eigenvalue weighted by Crippen LogP contribution is -2.56. The number of halogens is 1. The van der Waals surface area contributed by atoms with E-state index in [9.17, 15) is 14.3 Å². The van der Waals surface area contributed by atoms with Crippen LogP contribution in [0.3, 0.4) is 0 Å². The number of amides is 1. The van der Waals surface area contributed by atoms with Crippen LogP contribution < -0.4 is 9.47 Å². The molecule has 1 saturated carbocycles. The van der Waals surface area contributed by atoms with Gasteiger partial charge in [0.05, 0.1) is 11.6 Å². The largest absolute Gasteiger partial charge is 0.454 e. The molecule has 0 aromatic heterocycles. The van der Waals surface area contributed by atoms with Crippen molar-refractivity contribution in [1.82, 2.24) is 4.90 Å². The molecule has 31 heavy (non-hydrogen) atoms. The Labute approximate surface area is 181 Å². The first-order valence-corrected chi connectivity index (χ1v) is 10.9. The van der Waals surface area contributed by atoms with E-state index in [4.69, 9.17) is 9.47 Å². The van der Waals surface area contributed by atoms with E-state index >= 15 is 0 Å². The van der Waals surface area contributed by atoms with Crippen molar-refractivity contribution >= 4 is 12.0 Å². The Kier molecular flexibility index (Phi) is 5.18. The molecule has 2 fully saturated rings. The predicted molar refractivity (Wildman–Crippen MR) is 114 cm³/mol. The highest BCUT2D eigenvalue weighted by atomic mass is 19.1. The van der Waals surface area contributed by atoms with Gasteiger partial charge < -0.3 is 19.5 Å². The highest BCUT2D eigenvalue weighted by Gasteiger charge is 2.49. The third kappa shape index (κ3) is 3.81. The summed E-state index contributed by atoms with van der Waals surface area (Å²) in [5.74, 6) is 0.901. The van der Waals surface area contributed by atoms with Gasteiger partial charge in [-0.1, -0.05) is 31.0 Å². The zero-order chi connectivity index (χ0) is 21.4.